The highest BCUT2D eigenvalue weighted by atomic mass is 16.7. The second-order valence-electron chi connectivity index (χ2n) is 8.27. The normalized spacial score (nSPS) is 55.3. The summed E-state index contributed by atoms with van der Waals surface area (Å²) >= 11 is 0. The van der Waals surface area contributed by atoms with Gasteiger partial charge < -0.3 is 35.0 Å². The van der Waals surface area contributed by atoms with E-state index in [9.17, 15) is 25.5 Å². The lowest BCUT2D eigenvalue weighted by Crippen LogP contribution is -2.61. The molecule has 5 N–H and O–H groups in total. The third-order valence-electron chi connectivity index (χ3n) is 6.21. The molecular formula is C16H28O7. The zero-order valence-corrected chi connectivity index (χ0v) is 13.8. The summed E-state index contributed by atoms with van der Waals surface area (Å²) in [5.74, 6) is 0.113. The molecule has 3 aliphatic rings. The van der Waals surface area contributed by atoms with Crippen LogP contribution in [0.5, 0.6) is 0 Å². The van der Waals surface area contributed by atoms with Crippen LogP contribution in [0.3, 0.4) is 0 Å². The maximum Gasteiger partial charge on any atom is 0.187 e. The maximum absolute atomic E-state index is 10.2. The molecule has 2 bridgehead atoms. The van der Waals surface area contributed by atoms with E-state index in [-0.39, 0.29) is 29.0 Å². The van der Waals surface area contributed by atoms with Gasteiger partial charge in [0.1, 0.15) is 24.4 Å². The van der Waals surface area contributed by atoms with Gasteiger partial charge in [0.15, 0.2) is 6.29 Å². The molecule has 1 saturated heterocycles. The summed E-state index contributed by atoms with van der Waals surface area (Å²) in [5.41, 5.74) is -0.530. The van der Waals surface area contributed by atoms with E-state index >= 15 is 0 Å². The molecule has 1 heterocycles. The van der Waals surface area contributed by atoms with Crippen LogP contribution in [0.2, 0.25) is 0 Å². The molecule has 0 spiro atoms. The molecule has 0 unspecified atom stereocenters. The van der Waals surface area contributed by atoms with E-state index in [0.29, 0.717) is 6.42 Å². The summed E-state index contributed by atoms with van der Waals surface area (Å²) in [6.45, 7) is 5.64. The summed E-state index contributed by atoms with van der Waals surface area (Å²) < 4.78 is 11.5. The molecule has 23 heavy (non-hydrogen) atoms. The number of fused-ring (bicyclic) bond motifs is 2. The Hall–Kier alpha value is -0.280. The molecule has 0 aromatic carbocycles. The van der Waals surface area contributed by atoms with E-state index in [2.05, 4.69) is 6.92 Å². The lowest BCUT2D eigenvalue weighted by molar-refractivity contribution is -0.328. The summed E-state index contributed by atoms with van der Waals surface area (Å²) in [6.07, 6.45) is -5.47. The third kappa shape index (κ3) is 2.54. The Morgan fingerprint density at radius 2 is 1.65 bits per heavy atom. The fourth-order valence-electron chi connectivity index (χ4n) is 5.06. The minimum Gasteiger partial charge on any atom is -0.394 e. The van der Waals surface area contributed by atoms with Crippen molar-refractivity contribution >= 4 is 0 Å². The first kappa shape index (κ1) is 17.5. The number of hydrogen-bond acceptors (Lipinski definition) is 7. The summed E-state index contributed by atoms with van der Waals surface area (Å²) in [6, 6.07) is 0. The summed E-state index contributed by atoms with van der Waals surface area (Å²) in [5, 5.41) is 49.4. The Bertz CT molecular complexity index is 449. The molecule has 0 aromatic rings. The van der Waals surface area contributed by atoms with Crippen molar-refractivity contribution in [3.8, 4) is 0 Å². The van der Waals surface area contributed by atoms with Gasteiger partial charge in [-0.25, -0.2) is 0 Å². The molecular weight excluding hydrogens is 304 g/mol. The molecule has 2 saturated carbocycles. The van der Waals surface area contributed by atoms with Crippen LogP contribution in [0, 0.1) is 16.7 Å². The SMILES string of the molecule is CC1(C)[C@H]2C[C@](C)(C[C@@H]2O)[C@H]1O[C@@H]1O[C@H](CO)[C@@H](O)[C@H](O)[C@H]1O. The van der Waals surface area contributed by atoms with Crippen molar-refractivity contribution in [1.82, 2.24) is 0 Å². The summed E-state index contributed by atoms with van der Waals surface area (Å²) in [4.78, 5) is 0. The summed E-state index contributed by atoms with van der Waals surface area (Å²) in [7, 11) is 0. The van der Waals surface area contributed by atoms with E-state index in [1.165, 1.54) is 0 Å². The quantitative estimate of drug-likeness (QED) is 0.449. The highest BCUT2D eigenvalue weighted by Gasteiger charge is 2.65. The minimum absolute atomic E-state index is 0.113. The highest BCUT2D eigenvalue weighted by Crippen LogP contribution is 2.63. The number of rotatable bonds is 3. The fourth-order valence-corrected chi connectivity index (χ4v) is 5.06. The van der Waals surface area contributed by atoms with Gasteiger partial charge in [-0.2, -0.15) is 0 Å². The number of ether oxygens (including phenoxy) is 2. The lowest BCUT2D eigenvalue weighted by Gasteiger charge is -2.48. The fraction of sp³-hybridized carbons (Fsp3) is 1.00. The standard InChI is InChI=1S/C16H28O7/c1-15(2)7-4-16(3,5-8(7)18)14(15)23-13-12(21)11(20)10(19)9(6-17)22-13/h7-14,17-21H,4-6H2,1-3H3/t7-,8-,9+,10+,11-,12+,13-,14-,16+/m0/s1. The molecule has 3 rings (SSSR count). The van der Waals surface area contributed by atoms with Crippen molar-refractivity contribution in [2.45, 2.75) is 76.5 Å². The minimum atomic E-state index is -1.44. The van der Waals surface area contributed by atoms with Gasteiger partial charge in [0.05, 0.1) is 18.8 Å². The highest BCUT2D eigenvalue weighted by molar-refractivity contribution is 5.13. The molecule has 7 nitrogen and oxygen atoms in total. The topological polar surface area (TPSA) is 120 Å². The Morgan fingerprint density at radius 3 is 2.17 bits per heavy atom. The lowest BCUT2D eigenvalue weighted by atomic mass is 9.69. The van der Waals surface area contributed by atoms with Gasteiger partial charge in [-0.05, 0) is 29.6 Å². The smallest absolute Gasteiger partial charge is 0.187 e. The van der Waals surface area contributed by atoms with E-state index in [1.54, 1.807) is 0 Å². The number of aliphatic hydroxyl groups excluding tert-OH is 5. The van der Waals surface area contributed by atoms with Crippen molar-refractivity contribution in [2.75, 3.05) is 6.61 Å². The maximum atomic E-state index is 10.2. The van der Waals surface area contributed by atoms with Crippen LogP contribution in [-0.2, 0) is 9.47 Å². The molecule has 0 radical (unpaired) electrons. The Balaban J connectivity index is 1.79. The largest absolute Gasteiger partial charge is 0.394 e. The number of hydrogen-bond donors (Lipinski definition) is 5. The van der Waals surface area contributed by atoms with Crippen molar-refractivity contribution in [3.05, 3.63) is 0 Å². The zero-order valence-electron chi connectivity index (χ0n) is 13.8. The first-order valence-corrected chi connectivity index (χ1v) is 8.26. The van der Waals surface area contributed by atoms with Crippen LogP contribution in [0.4, 0.5) is 0 Å². The van der Waals surface area contributed by atoms with Crippen LogP contribution in [0.15, 0.2) is 0 Å². The molecule has 134 valence electrons. The van der Waals surface area contributed by atoms with Gasteiger partial charge in [-0.15, -0.1) is 0 Å². The van der Waals surface area contributed by atoms with Crippen molar-refractivity contribution in [3.63, 3.8) is 0 Å². The van der Waals surface area contributed by atoms with Gasteiger partial charge in [-0.3, -0.25) is 0 Å². The van der Waals surface area contributed by atoms with Crippen LogP contribution in [0.25, 0.3) is 0 Å². The van der Waals surface area contributed by atoms with E-state index in [0.717, 1.165) is 6.42 Å². The van der Waals surface area contributed by atoms with Gasteiger partial charge in [-0.1, -0.05) is 20.8 Å². The average molecular weight is 332 g/mol. The Kier molecular flexibility index (Phi) is 4.29. The molecule has 7 heteroatoms. The third-order valence-corrected chi connectivity index (χ3v) is 6.21. The van der Waals surface area contributed by atoms with E-state index in [1.807, 2.05) is 13.8 Å². The van der Waals surface area contributed by atoms with Crippen molar-refractivity contribution in [2.24, 2.45) is 16.7 Å². The first-order chi connectivity index (χ1) is 10.6. The van der Waals surface area contributed by atoms with Gasteiger partial charge in [0, 0.05) is 0 Å². The predicted molar refractivity (Wildman–Crippen MR) is 79.3 cm³/mol. The molecule has 9 atom stereocenters. The Labute approximate surface area is 135 Å². The van der Waals surface area contributed by atoms with Gasteiger partial charge >= 0.3 is 0 Å². The molecule has 2 aliphatic carbocycles. The predicted octanol–water partition coefficient (Wildman–Crippen LogP) is -1.01. The molecule has 0 aromatic heterocycles. The van der Waals surface area contributed by atoms with Crippen molar-refractivity contribution < 1.29 is 35.0 Å². The van der Waals surface area contributed by atoms with Gasteiger partial charge in [0.25, 0.3) is 0 Å². The van der Waals surface area contributed by atoms with Crippen LogP contribution < -0.4 is 0 Å². The molecule has 0 amide bonds. The second kappa shape index (κ2) is 5.62. The monoisotopic (exact) mass is 332 g/mol. The molecule has 1 aliphatic heterocycles. The van der Waals surface area contributed by atoms with Crippen LogP contribution in [-0.4, -0.2) is 75.1 Å². The van der Waals surface area contributed by atoms with Crippen molar-refractivity contribution in [1.29, 1.82) is 0 Å². The van der Waals surface area contributed by atoms with Gasteiger partial charge in [0.2, 0.25) is 0 Å². The van der Waals surface area contributed by atoms with Crippen LogP contribution >= 0.6 is 0 Å². The zero-order chi connectivity index (χ0) is 17.2. The second-order valence-corrected chi connectivity index (χ2v) is 8.27. The van der Waals surface area contributed by atoms with E-state index < -0.39 is 37.3 Å². The molecule has 3 fully saturated rings. The van der Waals surface area contributed by atoms with Crippen LogP contribution in [0.1, 0.15) is 33.6 Å². The number of aliphatic hydroxyl groups is 5. The van der Waals surface area contributed by atoms with E-state index in [4.69, 9.17) is 9.47 Å². The Morgan fingerprint density at radius 1 is 1.00 bits per heavy atom. The first-order valence-electron chi connectivity index (χ1n) is 8.26. The average Bonchev–Trinajstić information content (AvgIpc) is 2.88.